The van der Waals surface area contributed by atoms with E-state index in [4.69, 9.17) is 4.74 Å². The topological polar surface area (TPSA) is 12.5 Å². The van der Waals surface area contributed by atoms with E-state index in [2.05, 4.69) is 35.6 Å². The molecule has 0 aliphatic carbocycles. The van der Waals surface area contributed by atoms with Crippen LogP contribution in [0.15, 0.2) is 22.7 Å². The van der Waals surface area contributed by atoms with Gasteiger partial charge in [0.25, 0.3) is 5.92 Å². The molecule has 2 rings (SSSR count). The average molecular weight is 364 g/mol. The molecule has 0 N–H and O–H groups in total. The smallest absolute Gasteiger partial charge is 0.292 e. The Morgan fingerprint density at radius 1 is 1.35 bits per heavy atom. The maximum absolute atomic E-state index is 13.9. The van der Waals surface area contributed by atoms with Crippen LogP contribution in [0, 0.1) is 0 Å². The summed E-state index contributed by atoms with van der Waals surface area (Å²) in [5.74, 6) is -2.79. The van der Waals surface area contributed by atoms with Crippen LogP contribution in [-0.2, 0) is 10.7 Å². The number of nitrogens with zero attached hydrogens (tertiary/aromatic N) is 1. The molecule has 20 heavy (non-hydrogen) atoms. The zero-order chi connectivity index (χ0) is 15.0. The minimum atomic E-state index is -2.79. The van der Waals surface area contributed by atoms with Gasteiger partial charge in [0.1, 0.15) is 6.73 Å². The van der Waals surface area contributed by atoms with Crippen LogP contribution in [0.3, 0.4) is 0 Å². The lowest BCUT2D eigenvalue weighted by Crippen LogP contribution is -2.30. The van der Waals surface area contributed by atoms with E-state index >= 15 is 0 Å². The number of hydrogen-bond acceptors (Lipinski definition) is 2. The van der Waals surface area contributed by atoms with Gasteiger partial charge in [0, 0.05) is 30.4 Å². The molecule has 1 aliphatic heterocycles. The van der Waals surface area contributed by atoms with E-state index in [1.807, 2.05) is 0 Å². The summed E-state index contributed by atoms with van der Waals surface area (Å²) in [5.41, 5.74) is 0.659. The van der Waals surface area contributed by atoms with Crippen LogP contribution in [0.5, 0.6) is 0 Å². The van der Waals surface area contributed by atoms with Crippen molar-refractivity contribution in [1.82, 2.24) is 0 Å². The van der Waals surface area contributed by atoms with Crippen molar-refractivity contribution in [3.8, 4) is 0 Å². The van der Waals surface area contributed by atoms with Crippen molar-refractivity contribution in [3.63, 3.8) is 0 Å². The Morgan fingerprint density at radius 2 is 2.05 bits per heavy atom. The number of benzene rings is 1. The Labute approximate surface area is 128 Å². The summed E-state index contributed by atoms with van der Waals surface area (Å²) in [6.45, 7) is 7.38. The van der Waals surface area contributed by atoms with Gasteiger partial charge in [0.2, 0.25) is 0 Å². The van der Waals surface area contributed by atoms with Crippen LogP contribution in [-0.4, -0.2) is 28.0 Å². The Hall–Kier alpha value is -0.463. The van der Waals surface area contributed by atoms with Crippen LogP contribution < -0.4 is 4.90 Å². The van der Waals surface area contributed by atoms with Gasteiger partial charge in [-0.2, -0.15) is 8.78 Å². The number of rotatable bonds is 5. The lowest BCUT2D eigenvalue weighted by atomic mass is 10.1. The zero-order valence-corrected chi connectivity index (χ0v) is 14.6. The summed E-state index contributed by atoms with van der Waals surface area (Å²) >= 11 is 3.33. The second-order valence-corrected chi connectivity index (χ2v) is 12.9. The van der Waals surface area contributed by atoms with Gasteiger partial charge >= 0.3 is 0 Å². The van der Waals surface area contributed by atoms with Crippen molar-refractivity contribution in [2.24, 2.45) is 0 Å². The number of halogens is 3. The molecule has 1 aromatic carbocycles. The van der Waals surface area contributed by atoms with Crippen molar-refractivity contribution in [3.05, 3.63) is 28.2 Å². The normalized spacial score (nSPS) is 17.4. The molecule has 1 heterocycles. The number of fused-ring (bicyclic) bond motifs is 1. The molecule has 0 spiro atoms. The fraction of sp³-hybridized carbons (Fsp3) is 0.571. The van der Waals surface area contributed by atoms with Crippen LogP contribution in [0.4, 0.5) is 14.5 Å². The highest BCUT2D eigenvalue weighted by Crippen LogP contribution is 2.43. The lowest BCUT2D eigenvalue weighted by molar-refractivity contribution is 0.00902. The number of hydrogen-bond donors (Lipinski definition) is 0. The molecule has 0 unspecified atom stereocenters. The van der Waals surface area contributed by atoms with Gasteiger partial charge in [0.05, 0.1) is 6.54 Å². The largest absolute Gasteiger partial charge is 0.361 e. The SMILES string of the molecule is C[Si](C)(C)CCOCN1CC(F)(F)c2ccc(Br)cc21. The third kappa shape index (κ3) is 3.80. The van der Waals surface area contributed by atoms with E-state index in [0.29, 0.717) is 12.3 Å². The summed E-state index contributed by atoms with van der Waals surface area (Å²) in [7, 11) is -1.14. The van der Waals surface area contributed by atoms with Crippen molar-refractivity contribution in [2.45, 2.75) is 31.6 Å². The van der Waals surface area contributed by atoms with E-state index < -0.39 is 14.0 Å². The van der Waals surface area contributed by atoms with Crippen LogP contribution >= 0.6 is 15.9 Å². The van der Waals surface area contributed by atoms with Gasteiger partial charge in [-0.05, 0) is 24.2 Å². The molecule has 0 atom stereocenters. The number of anilines is 1. The Bertz CT molecular complexity index is 491. The molecule has 1 aromatic rings. The maximum atomic E-state index is 13.9. The second kappa shape index (κ2) is 5.73. The summed E-state index contributed by atoms with van der Waals surface area (Å²) < 4.78 is 34.2. The third-order valence-electron chi connectivity index (χ3n) is 3.33. The van der Waals surface area contributed by atoms with Gasteiger partial charge in [-0.3, -0.25) is 0 Å². The standard InChI is InChI=1S/C14H20BrF2NOSi/c1-20(2,3)7-6-19-10-18-9-14(16,17)12-5-4-11(15)8-13(12)18/h4-5,8H,6-7,9-10H2,1-3H3. The Balaban J connectivity index is 2.00. The summed E-state index contributed by atoms with van der Waals surface area (Å²) in [6.07, 6.45) is 0. The second-order valence-electron chi connectivity index (χ2n) is 6.41. The first-order valence-corrected chi connectivity index (χ1v) is 11.2. The molecule has 6 heteroatoms. The molecule has 0 saturated carbocycles. The minimum absolute atomic E-state index is 0.0921. The lowest BCUT2D eigenvalue weighted by Gasteiger charge is -2.21. The van der Waals surface area contributed by atoms with Crippen LogP contribution in [0.25, 0.3) is 0 Å². The molecule has 112 valence electrons. The molecule has 0 radical (unpaired) electrons. The van der Waals surface area contributed by atoms with Crippen molar-refractivity contribution in [1.29, 1.82) is 0 Å². The first kappa shape index (κ1) is 15.9. The predicted octanol–water partition coefficient (Wildman–Crippen LogP) is 4.67. The van der Waals surface area contributed by atoms with Crippen LogP contribution in [0.1, 0.15) is 5.56 Å². The summed E-state index contributed by atoms with van der Waals surface area (Å²) in [4.78, 5) is 1.62. The highest BCUT2D eigenvalue weighted by atomic mass is 79.9. The van der Waals surface area contributed by atoms with Gasteiger partial charge in [-0.25, -0.2) is 0 Å². The highest BCUT2D eigenvalue weighted by molar-refractivity contribution is 9.10. The molecule has 0 bridgehead atoms. The van der Waals surface area contributed by atoms with E-state index in [1.54, 1.807) is 17.0 Å². The molecular formula is C14H20BrF2NOSi. The minimum Gasteiger partial charge on any atom is -0.361 e. The van der Waals surface area contributed by atoms with Gasteiger partial charge in [-0.15, -0.1) is 0 Å². The fourth-order valence-corrected chi connectivity index (χ4v) is 3.26. The van der Waals surface area contributed by atoms with Gasteiger partial charge in [0.15, 0.2) is 0 Å². The fourth-order valence-electron chi connectivity index (χ4n) is 2.15. The van der Waals surface area contributed by atoms with E-state index in [1.165, 1.54) is 6.07 Å². The van der Waals surface area contributed by atoms with E-state index in [9.17, 15) is 8.78 Å². The van der Waals surface area contributed by atoms with Crippen molar-refractivity contribution in [2.75, 3.05) is 24.8 Å². The van der Waals surface area contributed by atoms with Crippen LogP contribution in [0.2, 0.25) is 25.7 Å². The maximum Gasteiger partial charge on any atom is 0.292 e. The Kier molecular flexibility index (Phi) is 4.56. The average Bonchev–Trinajstić information content (AvgIpc) is 2.55. The van der Waals surface area contributed by atoms with E-state index in [0.717, 1.165) is 10.5 Å². The predicted molar refractivity (Wildman–Crippen MR) is 84.4 cm³/mol. The summed E-state index contributed by atoms with van der Waals surface area (Å²) in [6, 6.07) is 5.92. The number of alkyl halides is 2. The molecule has 0 aromatic heterocycles. The first-order valence-electron chi connectivity index (χ1n) is 6.70. The van der Waals surface area contributed by atoms with Crippen molar-refractivity contribution >= 4 is 29.7 Å². The molecule has 0 amide bonds. The highest BCUT2D eigenvalue weighted by Gasteiger charge is 2.43. The molecule has 0 saturated heterocycles. The Morgan fingerprint density at radius 3 is 2.70 bits per heavy atom. The van der Waals surface area contributed by atoms with E-state index in [-0.39, 0.29) is 18.8 Å². The molecule has 0 fully saturated rings. The molecular weight excluding hydrogens is 344 g/mol. The van der Waals surface area contributed by atoms with Crippen molar-refractivity contribution < 1.29 is 13.5 Å². The monoisotopic (exact) mass is 363 g/mol. The molecule has 2 nitrogen and oxygen atoms in total. The first-order chi connectivity index (χ1) is 9.19. The quantitative estimate of drug-likeness (QED) is 0.556. The zero-order valence-electron chi connectivity index (χ0n) is 12.0. The van der Waals surface area contributed by atoms with Gasteiger partial charge in [-0.1, -0.05) is 35.6 Å². The molecule has 1 aliphatic rings. The number of ether oxygens (including phenoxy) is 1. The summed E-state index contributed by atoms with van der Waals surface area (Å²) in [5, 5.41) is 0. The van der Waals surface area contributed by atoms with Gasteiger partial charge < -0.3 is 9.64 Å². The third-order valence-corrected chi connectivity index (χ3v) is 5.52.